The molecule has 0 saturated carbocycles. The zero-order chi connectivity index (χ0) is 15.8. The van der Waals surface area contributed by atoms with Crippen molar-refractivity contribution in [2.45, 2.75) is 31.6 Å². The number of nitrogens with zero attached hydrogens (tertiary/aromatic N) is 1. The van der Waals surface area contributed by atoms with E-state index in [1.165, 1.54) is 18.6 Å². The lowest BCUT2D eigenvalue weighted by Gasteiger charge is -2.15. The van der Waals surface area contributed by atoms with Crippen LogP contribution in [0.4, 0.5) is 0 Å². The lowest BCUT2D eigenvalue weighted by Crippen LogP contribution is -2.40. The second-order valence-electron chi connectivity index (χ2n) is 5.17. The van der Waals surface area contributed by atoms with Gasteiger partial charge in [-0.3, -0.25) is 0 Å². The van der Waals surface area contributed by atoms with Crippen molar-refractivity contribution in [3.63, 3.8) is 0 Å². The molecule has 1 fully saturated rings. The van der Waals surface area contributed by atoms with Gasteiger partial charge < -0.3 is 15.4 Å². The molecule has 2 N–H and O–H groups in total. The van der Waals surface area contributed by atoms with Crippen LogP contribution in [0, 0.1) is 0 Å². The summed E-state index contributed by atoms with van der Waals surface area (Å²) in [7, 11) is 1.65. The van der Waals surface area contributed by atoms with E-state index in [4.69, 9.17) is 16.3 Å². The minimum absolute atomic E-state index is 0.563. The van der Waals surface area contributed by atoms with E-state index < -0.39 is 0 Å². The Bertz CT molecular complexity index is 504. The first-order valence-corrected chi connectivity index (χ1v) is 9.11. The average Bonchev–Trinajstić information content (AvgIpc) is 3.04. The highest BCUT2D eigenvalue weighted by Crippen LogP contribution is 2.25. The molecule has 1 aromatic carbocycles. The van der Waals surface area contributed by atoms with Crippen molar-refractivity contribution in [2.24, 2.45) is 4.99 Å². The number of hydrogen-bond donors (Lipinski definition) is 2. The molecule has 0 bridgehead atoms. The minimum atomic E-state index is 0.563. The molecule has 0 spiro atoms. The number of methoxy groups -OCH3 is 1. The average molecular weight is 342 g/mol. The van der Waals surface area contributed by atoms with E-state index in [-0.39, 0.29) is 0 Å². The lowest BCUT2D eigenvalue weighted by atomic mass is 10.2. The third-order valence-corrected chi connectivity index (χ3v) is 5.16. The molecule has 0 amide bonds. The van der Waals surface area contributed by atoms with E-state index in [0.717, 1.165) is 30.4 Å². The summed E-state index contributed by atoms with van der Waals surface area (Å²) in [6.45, 7) is 4.45. The largest absolute Gasteiger partial charge is 0.496 e. The quantitative estimate of drug-likeness (QED) is 0.615. The molecule has 4 nitrogen and oxygen atoms in total. The molecule has 122 valence electrons. The summed E-state index contributed by atoms with van der Waals surface area (Å²) in [5.41, 5.74) is 1.03. The van der Waals surface area contributed by atoms with Crippen molar-refractivity contribution in [1.82, 2.24) is 10.6 Å². The van der Waals surface area contributed by atoms with E-state index in [2.05, 4.69) is 22.5 Å². The number of ether oxygens (including phenoxy) is 1. The number of thioether (sulfide) groups is 1. The summed E-state index contributed by atoms with van der Waals surface area (Å²) in [6, 6.07) is 5.65. The van der Waals surface area contributed by atoms with E-state index in [0.29, 0.717) is 16.8 Å². The summed E-state index contributed by atoms with van der Waals surface area (Å²) in [6.07, 6.45) is 2.62. The fourth-order valence-electron chi connectivity index (χ4n) is 2.37. The van der Waals surface area contributed by atoms with Crippen LogP contribution in [0.25, 0.3) is 0 Å². The van der Waals surface area contributed by atoms with Crippen LogP contribution in [0.3, 0.4) is 0 Å². The third-order valence-electron chi connectivity index (χ3n) is 3.52. The van der Waals surface area contributed by atoms with Gasteiger partial charge in [-0.15, -0.1) is 0 Å². The molecular formula is C16H24ClN3OS. The number of nitrogens with one attached hydrogen (secondary N) is 2. The molecule has 2 rings (SSSR count). The number of guanidine groups is 1. The van der Waals surface area contributed by atoms with Gasteiger partial charge in [-0.05, 0) is 37.7 Å². The van der Waals surface area contributed by atoms with E-state index in [9.17, 15) is 0 Å². The van der Waals surface area contributed by atoms with Crippen molar-refractivity contribution in [1.29, 1.82) is 0 Å². The Kier molecular flexibility index (Phi) is 7.19. The van der Waals surface area contributed by atoms with E-state index in [1.54, 1.807) is 7.11 Å². The molecular weight excluding hydrogens is 318 g/mol. The fourth-order valence-corrected chi connectivity index (χ4v) is 3.73. The van der Waals surface area contributed by atoms with Gasteiger partial charge >= 0.3 is 0 Å². The summed E-state index contributed by atoms with van der Waals surface area (Å²) >= 11 is 8.03. The highest BCUT2D eigenvalue weighted by atomic mass is 35.5. The van der Waals surface area contributed by atoms with Crippen LogP contribution in [-0.2, 0) is 6.54 Å². The van der Waals surface area contributed by atoms with Crippen molar-refractivity contribution < 1.29 is 4.74 Å². The lowest BCUT2D eigenvalue weighted by molar-refractivity contribution is 0.410. The Morgan fingerprint density at radius 2 is 2.32 bits per heavy atom. The Hall–Kier alpha value is -1.07. The summed E-state index contributed by atoms with van der Waals surface area (Å²) in [5, 5.41) is 8.10. The van der Waals surface area contributed by atoms with Crippen LogP contribution >= 0.6 is 23.4 Å². The van der Waals surface area contributed by atoms with Gasteiger partial charge in [0.05, 0.1) is 13.7 Å². The maximum Gasteiger partial charge on any atom is 0.191 e. The second kappa shape index (κ2) is 9.16. The molecule has 1 saturated heterocycles. The van der Waals surface area contributed by atoms with Crippen molar-refractivity contribution in [2.75, 3.05) is 26.0 Å². The smallest absolute Gasteiger partial charge is 0.191 e. The predicted molar refractivity (Wildman–Crippen MR) is 96.3 cm³/mol. The first-order chi connectivity index (χ1) is 10.7. The van der Waals surface area contributed by atoms with Crippen LogP contribution in [0.5, 0.6) is 5.75 Å². The molecule has 1 unspecified atom stereocenters. The number of halogens is 1. The molecule has 22 heavy (non-hydrogen) atoms. The fraction of sp³-hybridized carbons (Fsp3) is 0.562. The third kappa shape index (κ3) is 5.29. The molecule has 1 atom stereocenters. The molecule has 0 aromatic heterocycles. The van der Waals surface area contributed by atoms with Gasteiger partial charge in [0.25, 0.3) is 0 Å². The standard InChI is InChI=1S/C16H24ClN3OS/c1-3-18-16(20-11-14-5-4-8-22-14)19-10-12-6-7-13(17)9-15(12)21-2/h6-7,9,14H,3-5,8,10-11H2,1-2H3,(H2,18,19,20). The van der Waals surface area contributed by atoms with Crippen LogP contribution in [0.1, 0.15) is 25.3 Å². The molecule has 1 heterocycles. The van der Waals surface area contributed by atoms with Crippen molar-refractivity contribution >= 4 is 29.3 Å². The zero-order valence-corrected chi connectivity index (χ0v) is 14.8. The Labute approximate surface area is 142 Å². The van der Waals surface area contributed by atoms with Crippen LogP contribution in [-0.4, -0.2) is 37.2 Å². The van der Waals surface area contributed by atoms with E-state index in [1.807, 2.05) is 30.0 Å². The predicted octanol–water partition coefficient (Wildman–Crippen LogP) is 3.30. The summed E-state index contributed by atoms with van der Waals surface area (Å²) in [5.74, 6) is 2.91. The van der Waals surface area contributed by atoms with Crippen LogP contribution < -0.4 is 15.4 Å². The van der Waals surface area contributed by atoms with Gasteiger partial charge in [0.15, 0.2) is 5.96 Å². The van der Waals surface area contributed by atoms with Crippen molar-refractivity contribution in [3.8, 4) is 5.75 Å². The highest BCUT2D eigenvalue weighted by Gasteiger charge is 2.15. The monoisotopic (exact) mass is 341 g/mol. The molecule has 0 radical (unpaired) electrons. The Balaban J connectivity index is 1.96. The number of benzene rings is 1. The van der Waals surface area contributed by atoms with Crippen LogP contribution in [0.15, 0.2) is 23.2 Å². The second-order valence-corrected chi connectivity index (χ2v) is 7.01. The molecule has 1 aliphatic rings. The molecule has 0 aliphatic carbocycles. The number of hydrogen-bond acceptors (Lipinski definition) is 3. The van der Waals surface area contributed by atoms with Gasteiger partial charge in [-0.2, -0.15) is 11.8 Å². The highest BCUT2D eigenvalue weighted by molar-refractivity contribution is 8.00. The molecule has 1 aliphatic heterocycles. The molecule has 6 heteroatoms. The summed E-state index contributed by atoms with van der Waals surface area (Å²) in [4.78, 5) is 4.65. The maximum atomic E-state index is 5.99. The van der Waals surface area contributed by atoms with Gasteiger partial charge in [0.2, 0.25) is 0 Å². The summed E-state index contributed by atoms with van der Waals surface area (Å²) < 4.78 is 5.36. The number of aliphatic imine (C=N–C) groups is 1. The Morgan fingerprint density at radius 3 is 3.00 bits per heavy atom. The van der Waals surface area contributed by atoms with Gasteiger partial charge in [0, 0.05) is 28.9 Å². The van der Waals surface area contributed by atoms with Crippen LogP contribution in [0.2, 0.25) is 5.02 Å². The number of rotatable bonds is 6. The van der Waals surface area contributed by atoms with Crippen molar-refractivity contribution in [3.05, 3.63) is 28.8 Å². The Morgan fingerprint density at radius 1 is 1.45 bits per heavy atom. The normalized spacial score (nSPS) is 18.3. The zero-order valence-electron chi connectivity index (χ0n) is 13.2. The van der Waals surface area contributed by atoms with Gasteiger partial charge in [0.1, 0.15) is 5.75 Å². The van der Waals surface area contributed by atoms with E-state index >= 15 is 0 Å². The van der Waals surface area contributed by atoms with Gasteiger partial charge in [-0.1, -0.05) is 17.7 Å². The molecule has 1 aromatic rings. The topological polar surface area (TPSA) is 45.7 Å². The van der Waals surface area contributed by atoms with Gasteiger partial charge in [-0.25, -0.2) is 4.99 Å². The first-order valence-electron chi connectivity index (χ1n) is 7.69. The SMILES string of the molecule is CCNC(=NCc1ccc(Cl)cc1OC)NCC1CCCS1. The first kappa shape index (κ1) is 17.3. The maximum absolute atomic E-state index is 5.99. The minimum Gasteiger partial charge on any atom is -0.496 e.